The van der Waals surface area contributed by atoms with Crippen molar-refractivity contribution >= 4 is 27.5 Å². The highest BCUT2D eigenvalue weighted by molar-refractivity contribution is 7.92. The third-order valence-electron chi connectivity index (χ3n) is 3.45. The number of esters is 1. The number of ketones is 1. The van der Waals surface area contributed by atoms with Gasteiger partial charge in [-0.1, -0.05) is 0 Å². The molecule has 0 aliphatic carbocycles. The van der Waals surface area contributed by atoms with Gasteiger partial charge in [0.15, 0.2) is 6.10 Å². The summed E-state index contributed by atoms with van der Waals surface area (Å²) in [6, 6.07) is 12.2. The minimum Gasteiger partial charge on any atom is -0.497 e. The lowest BCUT2D eigenvalue weighted by Crippen LogP contribution is -2.24. The van der Waals surface area contributed by atoms with Crippen molar-refractivity contribution < 1.29 is 27.5 Å². The molecule has 0 heterocycles. The first-order valence-electron chi connectivity index (χ1n) is 7.66. The molecule has 0 aromatic heterocycles. The van der Waals surface area contributed by atoms with E-state index in [0.717, 1.165) is 6.26 Å². The summed E-state index contributed by atoms with van der Waals surface area (Å²) in [5.74, 6) is -0.407. The van der Waals surface area contributed by atoms with E-state index in [2.05, 4.69) is 4.72 Å². The van der Waals surface area contributed by atoms with Gasteiger partial charge in [0.25, 0.3) is 0 Å². The predicted octanol–water partition coefficient (Wildman–Crippen LogP) is 2.49. The van der Waals surface area contributed by atoms with Crippen LogP contribution in [0.15, 0.2) is 48.5 Å². The molecule has 0 spiro atoms. The first-order valence-corrected chi connectivity index (χ1v) is 9.56. The predicted molar refractivity (Wildman–Crippen MR) is 97.1 cm³/mol. The molecule has 0 aliphatic rings. The smallest absolute Gasteiger partial charge is 0.338 e. The summed E-state index contributed by atoms with van der Waals surface area (Å²) in [5.41, 5.74) is 0.948. The zero-order chi connectivity index (χ0) is 19.3. The maximum absolute atomic E-state index is 12.4. The van der Waals surface area contributed by atoms with E-state index in [-0.39, 0.29) is 0 Å². The van der Waals surface area contributed by atoms with Gasteiger partial charge in [0, 0.05) is 11.3 Å². The Kier molecular flexibility index (Phi) is 5.99. The number of hydrogen-bond acceptors (Lipinski definition) is 6. The van der Waals surface area contributed by atoms with Crippen LogP contribution in [0.5, 0.6) is 5.75 Å². The molecule has 0 fully saturated rings. The first kappa shape index (κ1) is 19.5. The van der Waals surface area contributed by atoms with E-state index in [1.807, 2.05) is 0 Å². The molecule has 2 aromatic carbocycles. The first-order chi connectivity index (χ1) is 12.2. The van der Waals surface area contributed by atoms with E-state index >= 15 is 0 Å². The lowest BCUT2D eigenvalue weighted by molar-refractivity contribution is 0.0319. The number of anilines is 1. The molecule has 0 aliphatic heterocycles. The normalized spacial score (nSPS) is 12.1. The number of Topliss-reactive ketones (excluding diaryl/α,β-unsaturated/α-hetero) is 1. The van der Waals surface area contributed by atoms with Crippen LogP contribution in [-0.4, -0.2) is 39.6 Å². The fourth-order valence-electron chi connectivity index (χ4n) is 2.16. The largest absolute Gasteiger partial charge is 0.497 e. The zero-order valence-electron chi connectivity index (χ0n) is 14.6. The molecule has 0 radical (unpaired) electrons. The average Bonchev–Trinajstić information content (AvgIpc) is 2.60. The van der Waals surface area contributed by atoms with E-state index in [0.29, 0.717) is 22.6 Å². The van der Waals surface area contributed by atoms with Crippen molar-refractivity contribution in [3.05, 3.63) is 59.7 Å². The van der Waals surface area contributed by atoms with E-state index in [4.69, 9.17) is 9.47 Å². The second-order valence-electron chi connectivity index (χ2n) is 5.59. The third-order valence-corrected chi connectivity index (χ3v) is 4.06. The number of nitrogens with one attached hydrogen (secondary N) is 1. The van der Waals surface area contributed by atoms with Gasteiger partial charge in [0.2, 0.25) is 15.8 Å². The SMILES string of the molecule is COc1ccc(C(=O)OC(C)C(=O)c2ccc(NS(C)(=O)=O)cc2)cc1. The zero-order valence-corrected chi connectivity index (χ0v) is 15.4. The fourth-order valence-corrected chi connectivity index (χ4v) is 2.72. The Balaban J connectivity index is 2.03. The molecule has 2 aromatic rings. The van der Waals surface area contributed by atoms with Crippen LogP contribution in [0.4, 0.5) is 5.69 Å². The molecule has 138 valence electrons. The monoisotopic (exact) mass is 377 g/mol. The molecule has 0 amide bonds. The number of carbonyl (C=O) groups excluding carboxylic acids is 2. The van der Waals surface area contributed by atoms with Crippen LogP contribution < -0.4 is 9.46 Å². The third kappa shape index (κ3) is 5.32. The number of hydrogen-bond donors (Lipinski definition) is 1. The van der Waals surface area contributed by atoms with Gasteiger partial charge in [-0.25, -0.2) is 13.2 Å². The topological polar surface area (TPSA) is 98.8 Å². The minimum absolute atomic E-state index is 0.304. The summed E-state index contributed by atoms with van der Waals surface area (Å²) < 4.78 is 34.9. The van der Waals surface area contributed by atoms with Gasteiger partial charge in [-0.05, 0) is 55.5 Å². The van der Waals surface area contributed by atoms with Gasteiger partial charge >= 0.3 is 5.97 Å². The Hall–Kier alpha value is -2.87. The van der Waals surface area contributed by atoms with Crippen LogP contribution in [-0.2, 0) is 14.8 Å². The summed E-state index contributed by atoms with van der Waals surface area (Å²) in [5, 5.41) is 0. The standard InChI is InChI=1S/C18H19NO6S/c1-12(25-18(21)14-6-10-16(24-2)11-7-14)17(20)13-4-8-15(9-5-13)19-26(3,22)23/h4-12,19H,1-3H3. The van der Waals surface area contributed by atoms with Crippen LogP contribution >= 0.6 is 0 Å². The van der Waals surface area contributed by atoms with Crippen molar-refractivity contribution in [2.75, 3.05) is 18.1 Å². The lowest BCUT2D eigenvalue weighted by Gasteiger charge is -2.13. The van der Waals surface area contributed by atoms with Crippen LogP contribution in [0, 0.1) is 0 Å². The molecule has 1 unspecified atom stereocenters. The van der Waals surface area contributed by atoms with E-state index < -0.39 is 27.9 Å². The number of methoxy groups -OCH3 is 1. The summed E-state index contributed by atoms with van der Waals surface area (Å²) in [7, 11) is -1.87. The van der Waals surface area contributed by atoms with Crippen molar-refractivity contribution in [1.82, 2.24) is 0 Å². The maximum Gasteiger partial charge on any atom is 0.338 e. The molecule has 0 saturated carbocycles. The quantitative estimate of drug-likeness (QED) is 0.588. The highest BCUT2D eigenvalue weighted by Gasteiger charge is 2.20. The Morgan fingerprint density at radius 2 is 1.50 bits per heavy atom. The van der Waals surface area contributed by atoms with Crippen molar-refractivity contribution in [2.24, 2.45) is 0 Å². The molecule has 0 bridgehead atoms. The van der Waals surface area contributed by atoms with Crippen LogP contribution in [0.2, 0.25) is 0 Å². The highest BCUT2D eigenvalue weighted by atomic mass is 32.2. The van der Waals surface area contributed by atoms with Crippen LogP contribution in [0.25, 0.3) is 0 Å². The van der Waals surface area contributed by atoms with Gasteiger partial charge in [-0.2, -0.15) is 0 Å². The van der Waals surface area contributed by atoms with Gasteiger partial charge < -0.3 is 9.47 Å². The second-order valence-corrected chi connectivity index (χ2v) is 7.34. The molecular weight excluding hydrogens is 358 g/mol. The number of ether oxygens (including phenoxy) is 2. The molecular formula is C18H19NO6S. The van der Waals surface area contributed by atoms with Crippen LogP contribution in [0.3, 0.4) is 0 Å². The van der Waals surface area contributed by atoms with Crippen molar-refractivity contribution in [3.8, 4) is 5.75 Å². The lowest BCUT2D eigenvalue weighted by atomic mass is 10.1. The minimum atomic E-state index is -3.39. The number of carbonyl (C=O) groups is 2. The fraction of sp³-hybridized carbons (Fsp3) is 0.222. The number of sulfonamides is 1. The summed E-state index contributed by atoms with van der Waals surface area (Å²) in [4.78, 5) is 24.5. The van der Waals surface area contributed by atoms with Crippen molar-refractivity contribution in [1.29, 1.82) is 0 Å². The Labute approximate surface area is 152 Å². The van der Waals surface area contributed by atoms with Gasteiger partial charge in [0.05, 0.1) is 18.9 Å². The van der Waals surface area contributed by atoms with E-state index in [1.54, 1.807) is 24.3 Å². The molecule has 26 heavy (non-hydrogen) atoms. The van der Waals surface area contributed by atoms with Gasteiger partial charge in [-0.15, -0.1) is 0 Å². The average molecular weight is 377 g/mol. The summed E-state index contributed by atoms with van der Waals surface area (Å²) in [6.07, 6.45) is 0.0468. The van der Waals surface area contributed by atoms with Crippen LogP contribution in [0.1, 0.15) is 27.6 Å². The molecule has 2 rings (SSSR count). The number of rotatable bonds is 7. The maximum atomic E-state index is 12.4. The highest BCUT2D eigenvalue weighted by Crippen LogP contribution is 2.16. The van der Waals surface area contributed by atoms with E-state index in [9.17, 15) is 18.0 Å². The Morgan fingerprint density at radius 3 is 2.00 bits per heavy atom. The van der Waals surface area contributed by atoms with Crippen molar-refractivity contribution in [2.45, 2.75) is 13.0 Å². The van der Waals surface area contributed by atoms with Crippen molar-refractivity contribution in [3.63, 3.8) is 0 Å². The molecule has 7 nitrogen and oxygen atoms in total. The Bertz CT molecular complexity index is 888. The summed E-state index contributed by atoms with van der Waals surface area (Å²) >= 11 is 0. The van der Waals surface area contributed by atoms with Gasteiger partial charge in [-0.3, -0.25) is 9.52 Å². The molecule has 1 atom stereocenters. The molecule has 8 heteroatoms. The Morgan fingerprint density at radius 1 is 0.962 bits per heavy atom. The summed E-state index contributed by atoms with van der Waals surface area (Å²) in [6.45, 7) is 1.48. The van der Waals surface area contributed by atoms with Gasteiger partial charge in [0.1, 0.15) is 5.75 Å². The molecule has 1 N–H and O–H groups in total. The number of benzene rings is 2. The van der Waals surface area contributed by atoms with E-state index in [1.165, 1.54) is 38.3 Å². The second kappa shape index (κ2) is 8.01. The molecule has 0 saturated heterocycles.